The van der Waals surface area contributed by atoms with E-state index in [4.69, 9.17) is 23.2 Å². The second kappa shape index (κ2) is 6.56. The first-order valence-electron chi connectivity index (χ1n) is 9.40. The molecule has 3 aliphatic rings. The van der Waals surface area contributed by atoms with E-state index in [0.717, 1.165) is 25.1 Å². The summed E-state index contributed by atoms with van der Waals surface area (Å²) in [5, 5.41) is 5.03. The lowest BCUT2D eigenvalue weighted by atomic mass is 9.89. The van der Waals surface area contributed by atoms with Gasteiger partial charge in [0.2, 0.25) is 5.91 Å². The molecule has 5 rings (SSSR count). The van der Waals surface area contributed by atoms with Crippen LogP contribution in [0.3, 0.4) is 0 Å². The standard InChI is InChI=1S/C21H19Cl2N3O2/c1-12-3-5-13(6-4-12)18-17-19(25-10-2-9-24(18)25)21(28)26(20(17)27)14-7-8-15(22)16(23)11-14/h3-8,11,17-19H,2,9-10H2,1H3/t17-,18+,19+/m0/s1. The molecule has 3 heterocycles. The van der Waals surface area contributed by atoms with Crippen molar-refractivity contribution < 1.29 is 9.59 Å². The van der Waals surface area contributed by atoms with Gasteiger partial charge in [-0.1, -0.05) is 53.0 Å². The van der Waals surface area contributed by atoms with Crippen LogP contribution in [-0.2, 0) is 9.59 Å². The molecular weight excluding hydrogens is 397 g/mol. The van der Waals surface area contributed by atoms with E-state index < -0.39 is 12.0 Å². The molecule has 3 aliphatic heterocycles. The van der Waals surface area contributed by atoms with Crippen LogP contribution in [0.1, 0.15) is 23.6 Å². The predicted molar refractivity (Wildman–Crippen MR) is 108 cm³/mol. The largest absolute Gasteiger partial charge is 0.274 e. The summed E-state index contributed by atoms with van der Waals surface area (Å²) in [4.78, 5) is 28.1. The molecule has 0 aromatic heterocycles. The van der Waals surface area contributed by atoms with Crippen LogP contribution in [0.2, 0.25) is 10.0 Å². The highest BCUT2D eigenvalue weighted by atomic mass is 35.5. The summed E-state index contributed by atoms with van der Waals surface area (Å²) in [7, 11) is 0. The molecule has 144 valence electrons. The van der Waals surface area contributed by atoms with E-state index in [-0.39, 0.29) is 17.9 Å². The number of nitrogens with zero attached hydrogens (tertiary/aromatic N) is 3. The first-order valence-corrected chi connectivity index (χ1v) is 10.2. The highest BCUT2D eigenvalue weighted by Crippen LogP contribution is 2.49. The number of benzene rings is 2. The SMILES string of the molecule is Cc1ccc([C@@H]2[C@@H]3C(=O)N(c4ccc(Cl)c(Cl)c4)C(=O)[C@@H]3N3CCCN23)cc1. The maximum atomic E-state index is 13.5. The zero-order chi connectivity index (χ0) is 19.6. The van der Waals surface area contributed by atoms with Gasteiger partial charge in [-0.15, -0.1) is 0 Å². The van der Waals surface area contributed by atoms with Crippen LogP contribution in [0.4, 0.5) is 5.69 Å². The van der Waals surface area contributed by atoms with Gasteiger partial charge in [-0.3, -0.25) is 9.59 Å². The average molecular weight is 416 g/mol. The number of imide groups is 1. The molecule has 3 saturated heterocycles. The summed E-state index contributed by atoms with van der Waals surface area (Å²) in [5.74, 6) is -0.784. The molecule has 2 amide bonds. The molecule has 5 nitrogen and oxygen atoms in total. The van der Waals surface area contributed by atoms with Crippen molar-refractivity contribution in [2.24, 2.45) is 5.92 Å². The molecule has 3 atom stereocenters. The van der Waals surface area contributed by atoms with Gasteiger partial charge >= 0.3 is 0 Å². The average Bonchev–Trinajstić information content (AvgIpc) is 3.31. The Balaban J connectivity index is 1.58. The zero-order valence-electron chi connectivity index (χ0n) is 15.3. The number of hydrazine groups is 1. The van der Waals surface area contributed by atoms with E-state index in [1.54, 1.807) is 18.2 Å². The van der Waals surface area contributed by atoms with Crippen molar-refractivity contribution in [3.63, 3.8) is 0 Å². The van der Waals surface area contributed by atoms with Gasteiger partial charge in [0.1, 0.15) is 6.04 Å². The summed E-state index contributed by atoms with van der Waals surface area (Å²) in [5.41, 5.74) is 2.72. The molecule has 7 heteroatoms. The number of halogens is 2. The molecule has 2 aromatic rings. The van der Waals surface area contributed by atoms with E-state index in [1.807, 2.05) is 6.92 Å². The van der Waals surface area contributed by atoms with E-state index in [9.17, 15) is 9.59 Å². The van der Waals surface area contributed by atoms with Crippen LogP contribution in [0.15, 0.2) is 42.5 Å². The van der Waals surface area contributed by atoms with Crippen LogP contribution < -0.4 is 4.90 Å². The van der Waals surface area contributed by atoms with Crippen molar-refractivity contribution >= 4 is 40.7 Å². The molecule has 0 saturated carbocycles. The van der Waals surface area contributed by atoms with Crippen molar-refractivity contribution in [2.75, 3.05) is 18.0 Å². The quantitative estimate of drug-likeness (QED) is 0.698. The van der Waals surface area contributed by atoms with Crippen LogP contribution in [-0.4, -0.2) is 41.0 Å². The molecule has 3 fully saturated rings. The smallest absolute Gasteiger partial charge is 0.253 e. The Kier molecular flexibility index (Phi) is 4.25. The Labute approximate surface area is 173 Å². The molecule has 0 aliphatic carbocycles. The third-order valence-corrected chi connectivity index (χ3v) is 6.73. The molecule has 0 radical (unpaired) electrons. The first-order chi connectivity index (χ1) is 13.5. The van der Waals surface area contributed by atoms with Gasteiger partial charge in [0.25, 0.3) is 5.91 Å². The van der Waals surface area contributed by atoms with Gasteiger partial charge in [-0.25, -0.2) is 14.9 Å². The summed E-state index contributed by atoms with van der Waals surface area (Å²) in [6, 6.07) is 12.5. The monoisotopic (exact) mass is 415 g/mol. The minimum Gasteiger partial charge on any atom is -0.274 e. The molecule has 0 spiro atoms. The third-order valence-electron chi connectivity index (χ3n) is 5.99. The van der Waals surface area contributed by atoms with Crippen LogP contribution in [0.5, 0.6) is 0 Å². The topological polar surface area (TPSA) is 43.9 Å². The first kappa shape index (κ1) is 18.1. The fourth-order valence-electron chi connectivity index (χ4n) is 4.76. The molecule has 28 heavy (non-hydrogen) atoms. The van der Waals surface area contributed by atoms with Gasteiger partial charge in [0.05, 0.1) is 27.7 Å². The second-order valence-corrected chi connectivity index (χ2v) is 8.43. The molecule has 0 bridgehead atoms. The lowest BCUT2D eigenvalue weighted by Gasteiger charge is -2.29. The van der Waals surface area contributed by atoms with Gasteiger partial charge in [0, 0.05) is 13.1 Å². The summed E-state index contributed by atoms with van der Waals surface area (Å²) in [6.07, 6.45) is 0.986. The van der Waals surface area contributed by atoms with Crippen molar-refractivity contribution in [1.82, 2.24) is 10.0 Å². The Morgan fingerprint density at radius 2 is 1.54 bits per heavy atom. The van der Waals surface area contributed by atoms with Gasteiger partial charge in [-0.2, -0.15) is 0 Å². The molecule has 2 aromatic carbocycles. The highest BCUT2D eigenvalue weighted by Gasteiger charge is 2.62. The number of carbonyl (C=O) groups is 2. The van der Waals surface area contributed by atoms with Gasteiger partial charge in [-0.05, 0) is 37.1 Å². The number of hydrogen-bond acceptors (Lipinski definition) is 4. The molecule has 0 unspecified atom stereocenters. The van der Waals surface area contributed by atoms with Crippen molar-refractivity contribution in [3.05, 3.63) is 63.6 Å². The number of amides is 2. The number of hydrogen-bond donors (Lipinski definition) is 0. The lowest BCUT2D eigenvalue weighted by Crippen LogP contribution is -2.44. The summed E-state index contributed by atoms with van der Waals surface area (Å²) in [6.45, 7) is 3.69. The summed E-state index contributed by atoms with van der Waals surface area (Å²) >= 11 is 12.1. The zero-order valence-corrected chi connectivity index (χ0v) is 16.8. The van der Waals surface area contributed by atoms with E-state index >= 15 is 0 Å². The van der Waals surface area contributed by atoms with Crippen molar-refractivity contribution in [1.29, 1.82) is 0 Å². The van der Waals surface area contributed by atoms with E-state index in [0.29, 0.717) is 15.7 Å². The normalized spacial score (nSPS) is 27.5. The third kappa shape index (κ3) is 2.54. The van der Waals surface area contributed by atoms with E-state index in [1.165, 1.54) is 10.5 Å². The maximum Gasteiger partial charge on any atom is 0.253 e. The number of fused-ring (bicyclic) bond motifs is 3. The fraction of sp³-hybridized carbons (Fsp3) is 0.333. The second-order valence-electron chi connectivity index (χ2n) is 7.62. The number of anilines is 1. The Bertz CT molecular complexity index is 978. The highest BCUT2D eigenvalue weighted by molar-refractivity contribution is 6.42. The minimum atomic E-state index is -0.462. The number of aryl methyl sites for hydroxylation is 1. The number of rotatable bonds is 2. The van der Waals surface area contributed by atoms with Gasteiger partial charge < -0.3 is 0 Å². The fourth-order valence-corrected chi connectivity index (χ4v) is 5.05. The van der Waals surface area contributed by atoms with E-state index in [2.05, 4.69) is 34.3 Å². The van der Waals surface area contributed by atoms with Crippen molar-refractivity contribution in [2.45, 2.75) is 25.4 Å². The minimum absolute atomic E-state index is 0.127. The maximum absolute atomic E-state index is 13.5. The Morgan fingerprint density at radius 3 is 2.21 bits per heavy atom. The Morgan fingerprint density at radius 1 is 0.857 bits per heavy atom. The predicted octanol–water partition coefficient (Wildman–Crippen LogP) is 3.84. The van der Waals surface area contributed by atoms with Crippen molar-refractivity contribution in [3.8, 4) is 0 Å². The lowest BCUT2D eigenvalue weighted by molar-refractivity contribution is -0.126. The summed E-state index contributed by atoms with van der Waals surface area (Å²) < 4.78 is 0. The number of carbonyl (C=O) groups excluding carboxylic acids is 2. The van der Waals surface area contributed by atoms with Crippen LogP contribution in [0, 0.1) is 12.8 Å². The Hall–Kier alpha value is -1.92. The van der Waals surface area contributed by atoms with Crippen LogP contribution >= 0.6 is 23.2 Å². The molecular formula is C21H19Cl2N3O2. The van der Waals surface area contributed by atoms with Gasteiger partial charge in [0.15, 0.2) is 0 Å². The molecule has 0 N–H and O–H groups in total. The van der Waals surface area contributed by atoms with Crippen LogP contribution in [0.25, 0.3) is 0 Å².